The Balaban J connectivity index is 2.36. The van der Waals surface area contributed by atoms with Crippen molar-refractivity contribution in [3.8, 4) is 0 Å². The Kier molecular flexibility index (Phi) is 2.47. The van der Waals surface area contributed by atoms with Crippen LogP contribution < -0.4 is 5.73 Å². The zero-order valence-corrected chi connectivity index (χ0v) is 8.73. The van der Waals surface area contributed by atoms with Gasteiger partial charge in [0, 0.05) is 4.91 Å². The fourth-order valence-corrected chi connectivity index (χ4v) is 2.34. The highest BCUT2D eigenvalue weighted by Gasteiger charge is 2.49. The minimum atomic E-state index is -4.94. The van der Waals surface area contributed by atoms with E-state index in [9.17, 15) is 18.0 Å². The van der Waals surface area contributed by atoms with Crippen LogP contribution in [0.25, 0.3) is 0 Å². The Bertz CT molecular complexity index is 439. The fraction of sp³-hybridized carbons (Fsp3) is 0.333. The molecule has 0 aromatic heterocycles. The molecule has 0 bridgehead atoms. The number of carbonyl (C=O) groups is 1. The molecule has 0 amide bonds. The van der Waals surface area contributed by atoms with Crippen LogP contribution in [-0.2, 0) is 4.79 Å². The first-order valence-electron chi connectivity index (χ1n) is 4.33. The standard InChI is InChI=1S/C9H7F3N2OS/c10-9(11,12)7(15)8(13)2-1-5-6(3-8)16-4-14-5/h1-3H,4,13H2. The first kappa shape index (κ1) is 11.4. The summed E-state index contributed by atoms with van der Waals surface area (Å²) in [5, 5.41) is 0. The second-order valence-corrected chi connectivity index (χ2v) is 4.41. The van der Waals surface area contributed by atoms with Crippen LogP contribution in [0.2, 0.25) is 0 Å². The number of halogens is 3. The number of nitrogens with two attached hydrogens (primary N) is 1. The van der Waals surface area contributed by atoms with E-state index in [4.69, 9.17) is 5.73 Å². The minimum Gasteiger partial charge on any atom is -0.312 e. The van der Waals surface area contributed by atoms with E-state index in [0.29, 0.717) is 16.5 Å². The number of alkyl halides is 3. The van der Waals surface area contributed by atoms with E-state index in [1.807, 2.05) is 0 Å². The molecule has 0 aromatic carbocycles. The average molecular weight is 248 g/mol. The molecule has 1 aliphatic carbocycles. The topological polar surface area (TPSA) is 55.5 Å². The lowest BCUT2D eigenvalue weighted by atomic mass is 9.89. The van der Waals surface area contributed by atoms with Crippen LogP contribution in [0.15, 0.2) is 28.1 Å². The second-order valence-electron chi connectivity index (χ2n) is 3.42. The molecule has 2 rings (SSSR count). The van der Waals surface area contributed by atoms with Gasteiger partial charge in [0.05, 0.1) is 11.6 Å². The zero-order valence-electron chi connectivity index (χ0n) is 7.91. The lowest BCUT2D eigenvalue weighted by Gasteiger charge is -2.25. The van der Waals surface area contributed by atoms with Gasteiger partial charge in [-0.2, -0.15) is 13.2 Å². The van der Waals surface area contributed by atoms with Crippen molar-refractivity contribution in [2.24, 2.45) is 10.7 Å². The van der Waals surface area contributed by atoms with Gasteiger partial charge in [0.15, 0.2) is 0 Å². The number of hydrogen-bond donors (Lipinski definition) is 1. The summed E-state index contributed by atoms with van der Waals surface area (Å²) in [7, 11) is 0. The zero-order chi connectivity index (χ0) is 12.0. The van der Waals surface area contributed by atoms with Gasteiger partial charge < -0.3 is 5.73 Å². The Labute approximate surface area is 93.3 Å². The van der Waals surface area contributed by atoms with Gasteiger partial charge in [0.2, 0.25) is 0 Å². The molecule has 2 N–H and O–H groups in total. The van der Waals surface area contributed by atoms with Crippen molar-refractivity contribution in [2.75, 3.05) is 5.88 Å². The summed E-state index contributed by atoms with van der Waals surface area (Å²) in [4.78, 5) is 15.7. The predicted octanol–water partition coefficient (Wildman–Crippen LogP) is 1.41. The number of Topliss-reactive ketones (excluding diaryl/α,β-unsaturated/α-hetero) is 1. The molecule has 0 saturated carbocycles. The maximum Gasteiger partial charge on any atom is 0.452 e. The predicted molar refractivity (Wildman–Crippen MR) is 55.1 cm³/mol. The van der Waals surface area contributed by atoms with Crippen molar-refractivity contribution in [3.63, 3.8) is 0 Å². The number of allylic oxidation sites excluding steroid dienone is 2. The molecular weight excluding hydrogens is 241 g/mol. The third kappa shape index (κ3) is 1.80. The number of thioether (sulfide) groups is 1. The van der Waals surface area contributed by atoms with Crippen LogP contribution >= 0.6 is 11.8 Å². The van der Waals surface area contributed by atoms with E-state index in [0.717, 1.165) is 12.2 Å². The van der Waals surface area contributed by atoms with Gasteiger partial charge in [-0.15, -0.1) is 11.8 Å². The monoisotopic (exact) mass is 248 g/mol. The third-order valence-electron chi connectivity index (χ3n) is 2.25. The molecule has 1 aliphatic heterocycles. The summed E-state index contributed by atoms with van der Waals surface area (Å²) in [6, 6.07) is 0. The number of fused-ring (bicyclic) bond motifs is 1. The summed E-state index contributed by atoms with van der Waals surface area (Å²) < 4.78 is 36.9. The van der Waals surface area contributed by atoms with Crippen LogP contribution in [0.5, 0.6) is 0 Å². The van der Waals surface area contributed by atoms with Gasteiger partial charge in [-0.3, -0.25) is 9.79 Å². The summed E-state index contributed by atoms with van der Waals surface area (Å²) in [6.45, 7) is 0. The molecule has 3 nitrogen and oxygen atoms in total. The minimum absolute atomic E-state index is 0.446. The first-order valence-corrected chi connectivity index (χ1v) is 5.32. The third-order valence-corrected chi connectivity index (χ3v) is 3.14. The van der Waals surface area contributed by atoms with Gasteiger partial charge >= 0.3 is 6.18 Å². The Morgan fingerprint density at radius 1 is 1.56 bits per heavy atom. The summed E-state index contributed by atoms with van der Waals surface area (Å²) in [5.41, 5.74) is 3.93. The van der Waals surface area contributed by atoms with Crippen LogP contribution in [0.4, 0.5) is 13.2 Å². The number of aliphatic imine (C=N–C) groups is 1. The van der Waals surface area contributed by atoms with E-state index in [1.54, 1.807) is 0 Å². The van der Waals surface area contributed by atoms with Crippen molar-refractivity contribution in [1.29, 1.82) is 0 Å². The van der Waals surface area contributed by atoms with Crippen LogP contribution in [0, 0.1) is 0 Å². The Morgan fingerprint density at radius 2 is 2.25 bits per heavy atom. The highest BCUT2D eigenvalue weighted by molar-refractivity contribution is 8.04. The molecule has 2 aliphatic rings. The fourth-order valence-electron chi connectivity index (χ4n) is 1.44. The van der Waals surface area contributed by atoms with Gasteiger partial charge in [0.1, 0.15) is 5.54 Å². The quantitative estimate of drug-likeness (QED) is 0.763. The van der Waals surface area contributed by atoms with Gasteiger partial charge in [-0.1, -0.05) is 6.08 Å². The van der Waals surface area contributed by atoms with Crippen molar-refractivity contribution < 1.29 is 18.0 Å². The highest BCUT2D eigenvalue weighted by atomic mass is 32.2. The van der Waals surface area contributed by atoms with Crippen molar-refractivity contribution in [2.45, 2.75) is 11.7 Å². The molecular formula is C9H7F3N2OS. The number of ketones is 1. The molecule has 0 spiro atoms. The number of nitrogens with zero attached hydrogens (tertiary/aromatic N) is 1. The van der Waals surface area contributed by atoms with E-state index in [1.165, 1.54) is 17.8 Å². The van der Waals surface area contributed by atoms with E-state index < -0.39 is 17.5 Å². The number of carbonyl (C=O) groups excluding carboxylic acids is 1. The first-order chi connectivity index (χ1) is 7.33. The van der Waals surface area contributed by atoms with Crippen LogP contribution in [-0.4, -0.2) is 29.1 Å². The molecule has 1 heterocycles. The molecule has 0 fully saturated rings. The largest absolute Gasteiger partial charge is 0.452 e. The molecule has 0 saturated heterocycles. The molecule has 7 heteroatoms. The molecule has 1 unspecified atom stereocenters. The van der Waals surface area contributed by atoms with Gasteiger partial charge in [0.25, 0.3) is 5.78 Å². The SMILES string of the molecule is NC1(C(=O)C(F)(F)F)C=CC2=NCSC2=C1. The maximum atomic E-state index is 12.3. The lowest BCUT2D eigenvalue weighted by molar-refractivity contribution is -0.173. The average Bonchev–Trinajstić information content (AvgIpc) is 2.62. The van der Waals surface area contributed by atoms with E-state index >= 15 is 0 Å². The van der Waals surface area contributed by atoms with Crippen molar-refractivity contribution >= 4 is 23.3 Å². The smallest absolute Gasteiger partial charge is 0.312 e. The van der Waals surface area contributed by atoms with Crippen LogP contribution in [0.1, 0.15) is 0 Å². The van der Waals surface area contributed by atoms with Crippen molar-refractivity contribution in [1.82, 2.24) is 0 Å². The van der Waals surface area contributed by atoms with Crippen LogP contribution in [0.3, 0.4) is 0 Å². The molecule has 0 radical (unpaired) electrons. The van der Waals surface area contributed by atoms with E-state index in [2.05, 4.69) is 4.99 Å². The summed E-state index contributed by atoms with van der Waals surface area (Å²) >= 11 is 1.26. The lowest BCUT2D eigenvalue weighted by Crippen LogP contribution is -2.52. The molecule has 16 heavy (non-hydrogen) atoms. The molecule has 86 valence electrons. The Morgan fingerprint density at radius 3 is 2.88 bits per heavy atom. The summed E-state index contributed by atoms with van der Waals surface area (Å²) in [6.07, 6.45) is -1.41. The number of hydrogen-bond acceptors (Lipinski definition) is 4. The van der Waals surface area contributed by atoms with Crippen molar-refractivity contribution in [3.05, 3.63) is 23.1 Å². The Hall–Kier alpha value is -1.08. The second kappa shape index (κ2) is 3.46. The van der Waals surface area contributed by atoms with Gasteiger partial charge in [-0.25, -0.2) is 0 Å². The number of rotatable bonds is 1. The highest BCUT2D eigenvalue weighted by Crippen LogP contribution is 2.33. The normalized spacial score (nSPS) is 28.5. The van der Waals surface area contributed by atoms with E-state index in [-0.39, 0.29) is 0 Å². The molecule has 1 atom stereocenters. The summed E-state index contributed by atoms with van der Waals surface area (Å²) in [5.74, 6) is -1.52. The van der Waals surface area contributed by atoms with Gasteiger partial charge in [-0.05, 0) is 12.2 Å². The molecule has 0 aromatic rings. The maximum absolute atomic E-state index is 12.3.